The van der Waals surface area contributed by atoms with Crippen molar-refractivity contribution in [3.63, 3.8) is 0 Å². The molecule has 0 aliphatic carbocycles. The zero-order valence-corrected chi connectivity index (χ0v) is 10.6. The van der Waals surface area contributed by atoms with Crippen molar-refractivity contribution >= 4 is 17.6 Å². The topological polar surface area (TPSA) is 119 Å². The Morgan fingerprint density at radius 3 is 2.90 bits per heavy atom. The molecule has 0 radical (unpaired) electrons. The number of amides is 1. The predicted octanol–water partition coefficient (Wildman–Crippen LogP) is 0.257. The van der Waals surface area contributed by atoms with E-state index in [1.54, 1.807) is 0 Å². The van der Waals surface area contributed by atoms with Gasteiger partial charge in [0.25, 0.3) is 0 Å². The predicted molar refractivity (Wildman–Crippen MR) is 65.9 cm³/mol. The van der Waals surface area contributed by atoms with Crippen molar-refractivity contribution in [2.75, 3.05) is 6.54 Å². The van der Waals surface area contributed by atoms with Gasteiger partial charge in [0.2, 0.25) is 5.91 Å². The molecule has 1 fully saturated rings. The van der Waals surface area contributed by atoms with E-state index in [2.05, 4.69) is 5.10 Å². The average Bonchev–Trinajstić information content (AvgIpc) is 2.97. The van der Waals surface area contributed by atoms with E-state index in [1.807, 2.05) is 0 Å². The van der Waals surface area contributed by atoms with Crippen molar-refractivity contribution < 1.29 is 19.6 Å². The summed E-state index contributed by atoms with van der Waals surface area (Å²) in [5.41, 5.74) is -0.179. The van der Waals surface area contributed by atoms with Crippen molar-refractivity contribution in [3.8, 4) is 0 Å². The number of rotatable bonds is 5. The molecule has 0 spiro atoms. The largest absolute Gasteiger partial charge is 0.481 e. The lowest BCUT2D eigenvalue weighted by Gasteiger charge is -2.23. The summed E-state index contributed by atoms with van der Waals surface area (Å²) in [7, 11) is 0. The summed E-state index contributed by atoms with van der Waals surface area (Å²) in [6.45, 7) is 0.393. The van der Waals surface area contributed by atoms with Gasteiger partial charge >= 0.3 is 11.7 Å². The third-order valence-electron chi connectivity index (χ3n) is 3.24. The Hall–Kier alpha value is -2.45. The monoisotopic (exact) mass is 282 g/mol. The highest BCUT2D eigenvalue weighted by molar-refractivity contribution is 5.77. The summed E-state index contributed by atoms with van der Waals surface area (Å²) in [5.74, 6) is -1.21. The van der Waals surface area contributed by atoms with Gasteiger partial charge in [0.1, 0.15) is 18.9 Å². The molecule has 0 aromatic carbocycles. The molecule has 1 aliphatic rings. The fourth-order valence-corrected chi connectivity index (χ4v) is 2.34. The first-order valence-electron chi connectivity index (χ1n) is 6.15. The molecule has 1 aromatic heterocycles. The zero-order chi connectivity index (χ0) is 14.7. The van der Waals surface area contributed by atoms with Gasteiger partial charge in [-0.05, 0) is 12.8 Å². The SMILES string of the molecule is O=C(O)CC1CCCN1C(=O)Cn1cc([N+](=O)[O-])cn1. The highest BCUT2D eigenvalue weighted by atomic mass is 16.6. The molecule has 1 amide bonds. The van der Waals surface area contributed by atoms with Gasteiger partial charge < -0.3 is 10.0 Å². The number of hydrogen-bond donors (Lipinski definition) is 1. The smallest absolute Gasteiger partial charge is 0.307 e. The lowest BCUT2D eigenvalue weighted by atomic mass is 10.1. The highest BCUT2D eigenvalue weighted by Crippen LogP contribution is 2.20. The Labute approximate surface area is 113 Å². The third kappa shape index (κ3) is 3.11. The molecule has 2 heterocycles. The van der Waals surface area contributed by atoms with Crippen LogP contribution in [-0.4, -0.2) is 49.2 Å². The van der Waals surface area contributed by atoms with E-state index in [0.717, 1.165) is 12.6 Å². The number of carbonyl (C=O) groups excluding carboxylic acids is 1. The van der Waals surface area contributed by atoms with Crippen LogP contribution in [0.15, 0.2) is 12.4 Å². The number of hydrogen-bond acceptors (Lipinski definition) is 5. The minimum absolute atomic E-state index is 0.0784. The van der Waals surface area contributed by atoms with Crippen LogP contribution in [0.3, 0.4) is 0 Å². The van der Waals surface area contributed by atoms with Gasteiger partial charge in [0.15, 0.2) is 0 Å². The Bertz CT molecular complexity index is 541. The molecule has 9 heteroatoms. The summed E-state index contributed by atoms with van der Waals surface area (Å²) in [4.78, 5) is 34.3. The number of aromatic nitrogens is 2. The molecule has 1 N–H and O–H groups in total. The number of carboxylic acid groups (broad SMARTS) is 1. The van der Waals surface area contributed by atoms with Crippen LogP contribution < -0.4 is 0 Å². The van der Waals surface area contributed by atoms with E-state index in [1.165, 1.54) is 15.8 Å². The van der Waals surface area contributed by atoms with Crippen LogP contribution in [0.1, 0.15) is 19.3 Å². The van der Waals surface area contributed by atoms with E-state index in [4.69, 9.17) is 5.11 Å². The molecule has 20 heavy (non-hydrogen) atoms. The lowest BCUT2D eigenvalue weighted by Crippen LogP contribution is -2.38. The van der Waals surface area contributed by atoms with Crippen LogP contribution in [0.25, 0.3) is 0 Å². The van der Waals surface area contributed by atoms with Gasteiger partial charge in [0, 0.05) is 12.6 Å². The first-order valence-corrected chi connectivity index (χ1v) is 6.15. The van der Waals surface area contributed by atoms with Gasteiger partial charge in [-0.15, -0.1) is 0 Å². The summed E-state index contributed by atoms with van der Waals surface area (Å²) in [6, 6.07) is -0.300. The molecule has 1 aromatic rings. The molecule has 2 rings (SSSR count). The number of carbonyl (C=O) groups is 2. The molecule has 1 aliphatic heterocycles. The van der Waals surface area contributed by atoms with Crippen LogP contribution in [0.4, 0.5) is 5.69 Å². The fraction of sp³-hybridized carbons (Fsp3) is 0.545. The van der Waals surface area contributed by atoms with Gasteiger partial charge in [-0.1, -0.05) is 0 Å². The minimum Gasteiger partial charge on any atom is -0.481 e. The lowest BCUT2D eigenvalue weighted by molar-refractivity contribution is -0.385. The number of aliphatic carboxylic acids is 1. The van der Waals surface area contributed by atoms with E-state index >= 15 is 0 Å². The zero-order valence-electron chi connectivity index (χ0n) is 10.6. The number of nitrogens with zero attached hydrogens (tertiary/aromatic N) is 4. The molecular formula is C11H14N4O5. The molecule has 1 atom stereocenters. The molecule has 108 valence electrons. The maximum Gasteiger partial charge on any atom is 0.307 e. The Balaban J connectivity index is 1.99. The minimum atomic E-state index is -0.940. The van der Waals surface area contributed by atoms with Crippen molar-refractivity contribution in [2.24, 2.45) is 0 Å². The van der Waals surface area contributed by atoms with Crippen LogP contribution in [0.2, 0.25) is 0 Å². The molecule has 9 nitrogen and oxygen atoms in total. The van der Waals surface area contributed by atoms with Gasteiger partial charge in [0.05, 0.1) is 11.3 Å². The Morgan fingerprint density at radius 2 is 2.30 bits per heavy atom. The highest BCUT2D eigenvalue weighted by Gasteiger charge is 2.30. The Morgan fingerprint density at radius 1 is 1.55 bits per heavy atom. The molecule has 1 saturated heterocycles. The van der Waals surface area contributed by atoms with Gasteiger partial charge in [-0.3, -0.25) is 24.4 Å². The fourth-order valence-electron chi connectivity index (χ4n) is 2.34. The normalized spacial score (nSPS) is 18.2. The van der Waals surface area contributed by atoms with Crippen LogP contribution in [0, 0.1) is 10.1 Å². The summed E-state index contributed by atoms with van der Waals surface area (Å²) < 4.78 is 1.19. The van der Waals surface area contributed by atoms with E-state index < -0.39 is 10.9 Å². The van der Waals surface area contributed by atoms with E-state index in [9.17, 15) is 19.7 Å². The standard InChI is InChI=1S/C11H14N4O5/c16-10(7-13-6-9(5-12-13)15(19)20)14-3-1-2-8(14)4-11(17)18/h5-6,8H,1-4,7H2,(H,17,18). The average molecular weight is 282 g/mol. The summed E-state index contributed by atoms with van der Waals surface area (Å²) in [6.07, 6.45) is 3.61. The summed E-state index contributed by atoms with van der Waals surface area (Å²) >= 11 is 0. The molecular weight excluding hydrogens is 268 g/mol. The number of likely N-dealkylation sites (tertiary alicyclic amines) is 1. The Kier molecular flexibility index (Phi) is 3.97. The van der Waals surface area contributed by atoms with Crippen LogP contribution in [-0.2, 0) is 16.1 Å². The number of carboxylic acids is 1. The molecule has 0 saturated carbocycles. The van der Waals surface area contributed by atoms with Gasteiger partial charge in [-0.2, -0.15) is 5.10 Å². The molecule has 1 unspecified atom stereocenters. The van der Waals surface area contributed by atoms with E-state index in [0.29, 0.717) is 13.0 Å². The first kappa shape index (κ1) is 14.0. The first-order chi connectivity index (χ1) is 9.47. The third-order valence-corrected chi connectivity index (χ3v) is 3.24. The quantitative estimate of drug-likeness (QED) is 0.611. The maximum absolute atomic E-state index is 12.1. The van der Waals surface area contributed by atoms with Crippen molar-refractivity contribution in [1.82, 2.24) is 14.7 Å². The van der Waals surface area contributed by atoms with E-state index in [-0.39, 0.29) is 30.6 Å². The van der Waals surface area contributed by atoms with Crippen LogP contribution in [0.5, 0.6) is 0 Å². The van der Waals surface area contributed by atoms with Gasteiger partial charge in [-0.25, -0.2) is 0 Å². The van der Waals surface area contributed by atoms with Crippen LogP contribution >= 0.6 is 0 Å². The van der Waals surface area contributed by atoms with Crippen molar-refractivity contribution in [1.29, 1.82) is 0 Å². The molecule has 0 bridgehead atoms. The second-order valence-electron chi connectivity index (χ2n) is 4.63. The van der Waals surface area contributed by atoms with Crippen molar-refractivity contribution in [3.05, 3.63) is 22.5 Å². The summed E-state index contributed by atoms with van der Waals surface area (Å²) in [5, 5.41) is 23.1. The second kappa shape index (κ2) is 5.68. The second-order valence-corrected chi connectivity index (χ2v) is 4.63. The maximum atomic E-state index is 12.1. The van der Waals surface area contributed by atoms with Crippen molar-refractivity contribution in [2.45, 2.75) is 31.8 Å². The number of nitro groups is 1.